The molecule has 1 aromatic heterocycles. The van der Waals surface area contributed by atoms with Gasteiger partial charge in [0.25, 0.3) is 0 Å². The molecule has 5 nitrogen and oxygen atoms in total. The molecule has 0 amide bonds. The number of aromatic nitrogens is 2. The van der Waals surface area contributed by atoms with Crippen LogP contribution in [-0.2, 0) is 4.74 Å². The molecule has 0 bridgehead atoms. The lowest BCUT2D eigenvalue weighted by atomic mass is 10.1. The first kappa shape index (κ1) is 20.7. The molecule has 136 valence electrons. The van der Waals surface area contributed by atoms with Gasteiger partial charge in [-0.2, -0.15) is 5.10 Å². The number of nitrogens with two attached hydrogens (primary N) is 1. The molecule has 5 heteroatoms. The van der Waals surface area contributed by atoms with Gasteiger partial charge in [0.1, 0.15) is 5.76 Å². The van der Waals surface area contributed by atoms with Crippen LogP contribution in [0.2, 0.25) is 0 Å². The molecule has 0 saturated heterocycles. The third kappa shape index (κ3) is 6.28. The van der Waals surface area contributed by atoms with Crippen molar-refractivity contribution in [1.82, 2.24) is 10.2 Å². The molecule has 0 unspecified atom stereocenters. The number of allylic oxidation sites excluding steroid dienone is 7. The van der Waals surface area contributed by atoms with Gasteiger partial charge in [0.15, 0.2) is 5.82 Å². The molecule has 0 spiro atoms. The summed E-state index contributed by atoms with van der Waals surface area (Å²) >= 11 is 0. The van der Waals surface area contributed by atoms with Crippen LogP contribution < -0.4 is 16.3 Å². The highest BCUT2D eigenvalue weighted by atomic mass is 16.5. The van der Waals surface area contributed by atoms with Crippen molar-refractivity contribution in [2.24, 2.45) is 4.99 Å². The van der Waals surface area contributed by atoms with Crippen LogP contribution in [-0.4, -0.2) is 16.9 Å². The van der Waals surface area contributed by atoms with Crippen molar-refractivity contribution in [3.63, 3.8) is 0 Å². The fourth-order valence-corrected chi connectivity index (χ4v) is 2.13. The molecule has 0 aliphatic heterocycles. The number of anilines is 1. The van der Waals surface area contributed by atoms with E-state index in [9.17, 15) is 0 Å². The van der Waals surface area contributed by atoms with Gasteiger partial charge in [-0.3, -0.25) is 10.1 Å². The molecule has 1 aromatic rings. The number of H-pyrrole nitrogens is 1. The minimum absolute atomic E-state index is 0.379. The van der Waals surface area contributed by atoms with Gasteiger partial charge in [-0.05, 0) is 56.4 Å². The Morgan fingerprint density at radius 2 is 1.85 bits per heavy atom. The molecule has 0 aromatic carbocycles. The van der Waals surface area contributed by atoms with E-state index in [4.69, 9.17) is 10.5 Å². The second-order valence-electron chi connectivity index (χ2n) is 5.81. The van der Waals surface area contributed by atoms with Gasteiger partial charge in [-0.15, -0.1) is 0 Å². The highest BCUT2D eigenvalue weighted by molar-refractivity contribution is 5.68. The van der Waals surface area contributed by atoms with Crippen molar-refractivity contribution in [3.8, 4) is 0 Å². The maximum atomic E-state index is 5.92. The van der Waals surface area contributed by atoms with Crippen LogP contribution in [0.15, 0.2) is 77.8 Å². The summed E-state index contributed by atoms with van der Waals surface area (Å²) in [4.78, 5) is 3.75. The predicted molar refractivity (Wildman–Crippen MR) is 112 cm³/mol. The summed E-state index contributed by atoms with van der Waals surface area (Å²) < 4.78 is 5.45. The van der Waals surface area contributed by atoms with E-state index in [0.717, 1.165) is 27.5 Å². The van der Waals surface area contributed by atoms with E-state index in [0.29, 0.717) is 16.9 Å². The average Bonchev–Trinajstić information content (AvgIpc) is 2.92. The molecule has 0 fully saturated rings. The molecule has 0 saturated carbocycles. The summed E-state index contributed by atoms with van der Waals surface area (Å²) in [6.45, 7) is 21.0. The second-order valence-corrected chi connectivity index (χ2v) is 5.81. The van der Waals surface area contributed by atoms with Gasteiger partial charge in [0.2, 0.25) is 0 Å². The predicted octanol–water partition coefficient (Wildman–Crippen LogP) is 3.28. The summed E-state index contributed by atoms with van der Waals surface area (Å²) in [5.41, 5.74) is 9.56. The van der Waals surface area contributed by atoms with E-state index in [1.165, 1.54) is 0 Å². The number of nitrogen functional groups attached to an aromatic ring is 1. The Morgan fingerprint density at radius 1 is 1.15 bits per heavy atom. The number of rotatable bonds is 8. The van der Waals surface area contributed by atoms with E-state index in [1.807, 2.05) is 32.9 Å². The van der Waals surface area contributed by atoms with Crippen LogP contribution in [0.25, 0.3) is 11.8 Å². The largest absolute Gasteiger partial charge is 0.466 e. The number of aromatic amines is 1. The SMILES string of the molecule is C=N/C=c1/[nH]nc(N)/c1=C(/C)C(=C)/C=C\C(=C)O/C=C/C(C)=C\C(=C)C. The van der Waals surface area contributed by atoms with Gasteiger partial charge >= 0.3 is 0 Å². The molecule has 3 N–H and O–H groups in total. The fourth-order valence-electron chi connectivity index (χ4n) is 2.13. The van der Waals surface area contributed by atoms with Crippen molar-refractivity contribution in [1.29, 1.82) is 0 Å². The Labute approximate surface area is 154 Å². The van der Waals surface area contributed by atoms with Crippen LogP contribution in [0.4, 0.5) is 5.82 Å². The van der Waals surface area contributed by atoms with Gasteiger partial charge in [-0.25, -0.2) is 0 Å². The van der Waals surface area contributed by atoms with Crippen molar-refractivity contribution in [3.05, 3.63) is 83.3 Å². The molecule has 0 radical (unpaired) electrons. The molecule has 0 aliphatic rings. The lowest BCUT2D eigenvalue weighted by Crippen LogP contribution is -2.26. The lowest BCUT2D eigenvalue weighted by molar-refractivity contribution is 0.370. The van der Waals surface area contributed by atoms with Crippen LogP contribution in [0, 0.1) is 0 Å². The van der Waals surface area contributed by atoms with E-state index in [1.54, 1.807) is 24.6 Å². The Hall–Kier alpha value is -3.34. The smallest absolute Gasteiger partial charge is 0.153 e. The molecular weight excluding hydrogens is 324 g/mol. The first-order valence-corrected chi connectivity index (χ1v) is 7.96. The van der Waals surface area contributed by atoms with Crippen molar-refractivity contribution in [2.75, 3.05) is 5.73 Å². The van der Waals surface area contributed by atoms with Crippen LogP contribution in [0.3, 0.4) is 0 Å². The topological polar surface area (TPSA) is 76.3 Å². The van der Waals surface area contributed by atoms with Crippen LogP contribution in [0.5, 0.6) is 0 Å². The number of nitrogens with zero attached hydrogens (tertiary/aromatic N) is 2. The van der Waals surface area contributed by atoms with Crippen molar-refractivity contribution >= 4 is 24.3 Å². The maximum absolute atomic E-state index is 5.92. The highest BCUT2D eigenvalue weighted by Gasteiger charge is 2.03. The zero-order chi connectivity index (χ0) is 19.7. The number of nitrogens with one attached hydrogen (secondary N) is 1. The summed E-state index contributed by atoms with van der Waals surface area (Å²) in [6, 6.07) is 0. The van der Waals surface area contributed by atoms with Crippen molar-refractivity contribution in [2.45, 2.75) is 20.8 Å². The standard InChI is InChI=1S/C21H26N4O/c1-14(2)12-15(3)10-11-26-17(5)9-8-16(4)18(6)20-19(13-23-7)24-25-21(20)22/h8-13,24H,1,4-5,7H2,2-3,6H3,(H2,22,25)/b9-8-,11-10+,15-12-,19-13+,20-18-. The maximum Gasteiger partial charge on any atom is 0.153 e. The monoisotopic (exact) mass is 350 g/mol. The Kier molecular flexibility index (Phi) is 7.83. The van der Waals surface area contributed by atoms with Crippen LogP contribution >= 0.6 is 0 Å². The minimum atomic E-state index is 0.379. The average molecular weight is 350 g/mol. The first-order valence-electron chi connectivity index (χ1n) is 7.96. The van der Waals surface area contributed by atoms with Crippen molar-refractivity contribution < 1.29 is 4.74 Å². The quantitative estimate of drug-likeness (QED) is 0.429. The molecular formula is C21H26N4O. The highest BCUT2D eigenvalue weighted by Crippen LogP contribution is 2.10. The number of ether oxygens (including phenoxy) is 1. The third-order valence-corrected chi connectivity index (χ3v) is 3.39. The van der Waals surface area contributed by atoms with Crippen LogP contribution in [0.1, 0.15) is 20.8 Å². The minimum Gasteiger partial charge on any atom is -0.466 e. The normalized spacial score (nSPS) is 14.0. The Bertz CT molecular complexity index is 924. The van der Waals surface area contributed by atoms with Gasteiger partial charge < -0.3 is 10.5 Å². The number of aliphatic imine (C=N–C) groups is 1. The zero-order valence-corrected chi connectivity index (χ0v) is 15.7. The number of hydrogen-bond acceptors (Lipinski definition) is 4. The van der Waals surface area contributed by atoms with Gasteiger partial charge in [0.05, 0.1) is 17.8 Å². The van der Waals surface area contributed by atoms with Gasteiger partial charge in [-0.1, -0.05) is 37.5 Å². The molecule has 0 atom stereocenters. The van der Waals surface area contributed by atoms with E-state index in [-0.39, 0.29) is 0 Å². The van der Waals surface area contributed by atoms with E-state index >= 15 is 0 Å². The lowest BCUT2D eigenvalue weighted by Gasteiger charge is -2.02. The summed E-state index contributed by atoms with van der Waals surface area (Å²) in [6.07, 6.45) is 10.5. The fraction of sp³-hybridized carbons (Fsp3) is 0.143. The summed E-state index contributed by atoms with van der Waals surface area (Å²) in [5, 5.41) is 8.24. The summed E-state index contributed by atoms with van der Waals surface area (Å²) in [5.74, 6) is 0.864. The zero-order valence-electron chi connectivity index (χ0n) is 15.7. The summed E-state index contributed by atoms with van der Waals surface area (Å²) in [7, 11) is 0. The number of hydrogen-bond donors (Lipinski definition) is 2. The third-order valence-electron chi connectivity index (χ3n) is 3.39. The van der Waals surface area contributed by atoms with E-state index < -0.39 is 0 Å². The second kappa shape index (κ2) is 9.84. The molecule has 26 heavy (non-hydrogen) atoms. The van der Waals surface area contributed by atoms with Gasteiger partial charge in [0, 0.05) is 5.22 Å². The molecule has 0 aliphatic carbocycles. The molecule has 1 heterocycles. The first-order chi connectivity index (χ1) is 12.3. The van der Waals surface area contributed by atoms with E-state index in [2.05, 4.69) is 41.6 Å². The Balaban J connectivity index is 2.89. The Morgan fingerprint density at radius 3 is 2.46 bits per heavy atom. The molecule has 1 rings (SSSR count).